The van der Waals surface area contributed by atoms with Crippen molar-refractivity contribution in [1.29, 1.82) is 0 Å². The van der Waals surface area contributed by atoms with Crippen LogP contribution in [-0.2, 0) is 0 Å². The minimum absolute atomic E-state index is 0.147. The third-order valence-corrected chi connectivity index (χ3v) is 4.92. The average molecular weight is 250 g/mol. The second-order valence-electron chi connectivity index (χ2n) is 4.50. The van der Waals surface area contributed by atoms with Gasteiger partial charge in [0.05, 0.1) is 8.67 Å². The molecule has 0 aliphatic heterocycles. The highest BCUT2D eigenvalue weighted by Gasteiger charge is 2.47. The first-order valence-corrected chi connectivity index (χ1v) is 6.20. The number of rotatable bonds is 1. The number of halogens is 2. The third-order valence-electron chi connectivity index (χ3n) is 3.40. The van der Waals surface area contributed by atoms with E-state index in [-0.39, 0.29) is 11.5 Å². The second-order valence-corrected chi connectivity index (χ2v) is 6.78. The van der Waals surface area contributed by atoms with Crippen LogP contribution in [0, 0.1) is 5.41 Å². The van der Waals surface area contributed by atoms with Crippen LogP contribution in [0.3, 0.4) is 0 Å². The smallest absolute Gasteiger partial charge is 0.0979 e. The van der Waals surface area contributed by atoms with E-state index < -0.39 is 0 Å². The van der Waals surface area contributed by atoms with Gasteiger partial charge in [-0.25, -0.2) is 0 Å². The number of thiophene rings is 1. The molecule has 0 amide bonds. The van der Waals surface area contributed by atoms with Gasteiger partial charge in [-0.15, -0.1) is 11.3 Å². The molecule has 4 heteroatoms. The highest BCUT2D eigenvalue weighted by Crippen LogP contribution is 2.54. The highest BCUT2D eigenvalue weighted by atomic mass is 35.5. The summed E-state index contributed by atoms with van der Waals surface area (Å²) in [5.74, 6) is 0.466. The van der Waals surface area contributed by atoms with Gasteiger partial charge < -0.3 is 5.73 Å². The molecular formula is C10H13Cl2NS. The maximum atomic E-state index is 6.12. The predicted octanol–water partition coefficient (Wildman–Crippen LogP) is 3.90. The Morgan fingerprint density at radius 3 is 2.50 bits per heavy atom. The fourth-order valence-corrected chi connectivity index (χ4v) is 3.66. The van der Waals surface area contributed by atoms with Gasteiger partial charge in [-0.1, -0.05) is 37.0 Å². The Morgan fingerprint density at radius 2 is 2.14 bits per heavy atom. The summed E-state index contributed by atoms with van der Waals surface area (Å²) in [4.78, 5) is 0. The van der Waals surface area contributed by atoms with Crippen molar-refractivity contribution in [1.82, 2.24) is 0 Å². The Bertz CT molecular complexity index is 359. The zero-order valence-electron chi connectivity index (χ0n) is 8.18. The topological polar surface area (TPSA) is 26.0 Å². The lowest BCUT2D eigenvalue weighted by Crippen LogP contribution is -2.52. The Hall–Kier alpha value is 0.240. The summed E-state index contributed by atoms with van der Waals surface area (Å²) in [6.45, 7) is 4.38. The lowest BCUT2D eigenvalue weighted by Gasteiger charge is -2.50. The summed E-state index contributed by atoms with van der Waals surface area (Å²) in [5.41, 5.74) is 7.29. The van der Waals surface area contributed by atoms with Gasteiger partial charge in [-0.2, -0.15) is 0 Å². The van der Waals surface area contributed by atoms with Gasteiger partial charge in [0.25, 0.3) is 0 Å². The van der Waals surface area contributed by atoms with Crippen molar-refractivity contribution in [2.75, 3.05) is 0 Å². The normalized spacial score (nSPS) is 30.1. The molecule has 0 bridgehead atoms. The van der Waals surface area contributed by atoms with Crippen LogP contribution in [0.15, 0.2) is 6.07 Å². The Morgan fingerprint density at radius 1 is 1.50 bits per heavy atom. The number of hydrogen-bond donors (Lipinski definition) is 1. The SMILES string of the molecule is CC1(C)C(N)CC1c1cc(Cl)sc1Cl. The van der Waals surface area contributed by atoms with Crippen molar-refractivity contribution >= 4 is 34.5 Å². The molecule has 1 nitrogen and oxygen atoms in total. The minimum Gasteiger partial charge on any atom is -0.327 e. The minimum atomic E-state index is 0.147. The average Bonchev–Trinajstić information content (AvgIpc) is 2.40. The predicted molar refractivity (Wildman–Crippen MR) is 63.5 cm³/mol. The van der Waals surface area contributed by atoms with E-state index in [2.05, 4.69) is 13.8 Å². The second kappa shape index (κ2) is 3.38. The standard InChI is InChI=1S/C10H13Cl2NS/c1-10(2)6(4-7(10)13)5-3-8(11)14-9(5)12/h3,6-7H,4,13H2,1-2H3. The molecule has 2 atom stereocenters. The van der Waals surface area contributed by atoms with E-state index in [9.17, 15) is 0 Å². The molecule has 1 aliphatic carbocycles. The molecule has 1 aromatic heterocycles. The molecule has 0 radical (unpaired) electrons. The molecule has 2 rings (SSSR count). The molecule has 0 aromatic carbocycles. The molecule has 0 saturated heterocycles. The van der Waals surface area contributed by atoms with Crippen molar-refractivity contribution in [3.05, 3.63) is 20.3 Å². The molecule has 0 spiro atoms. The van der Waals surface area contributed by atoms with E-state index >= 15 is 0 Å². The largest absolute Gasteiger partial charge is 0.327 e. The quantitative estimate of drug-likeness (QED) is 0.803. The zero-order chi connectivity index (χ0) is 10.5. The van der Waals surface area contributed by atoms with Crippen LogP contribution in [0.1, 0.15) is 31.7 Å². The molecule has 1 aromatic rings. The highest BCUT2D eigenvalue weighted by molar-refractivity contribution is 7.20. The third kappa shape index (κ3) is 1.49. The Kier molecular flexibility index (Phi) is 2.59. The summed E-state index contributed by atoms with van der Waals surface area (Å²) in [7, 11) is 0. The van der Waals surface area contributed by atoms with Crippen LogP contribution < -0.4 is 5.73 Å². The van der Waals surface area contributed by atoms with Crippen molar-refractivity contribution in [3.63, 3.8) is 0 Å². The van der Waals surface area contributed by atoms with Crippen LogP contribution in [0.25, 0.3) is 0 Å². The molecule has 78 valence electrons. The maximum absolute atomic E-state index is 6.12. The maximum Gasteiger partial charge on any atom is 0.0979 e. The lowest BCUT2D eigenvalue weighted by molar-refractivity contribution is 0.0987. The zero-order valence-corrected chi connectivity index (χ0v) is 10.5. The first-order chi connectivity index (χ1) is 6.43. The van der Waals surface area contributed by atoms with Gasteiger partial charge in [0.15, 0.2) is 0 Å². The van der Waals surface area contributed by atoms with Crippen molar-refractivity contribution in [2.45, 2.75) is 32.2 Å². The van der Waals surface area contributed by atoms with Gasteiger partial charge >= 0.3 is 0 Å². The van der Waals surface area contributed by atoms with E-state index in [1.165, 1.54) is 16.9 Å². The van der Waals surface area contributed by atoms with Crippen LogP contribution in [0.4, 0.5) is 0 Å². The Labute approximate surface area is 98.2 Å². The number of hydrogen-bond acceptors (Lipinski definition) is 2. The van der Waals surface area contributed by atoms with Crippen molar-refractivity contribution < 1.29 is 0 Å². The summed E-state index contributed by atoms with van der Waals surface area (Å²) in [6.07, 6.45) is 1.01. The summed E-state index contributed by atoms with van der Waals surface area (Å²) in [6, 6.07) is 2.26. The molecular weight excluding hydrogens is 237 g/mol. The summed E-state index contributed by atoms with van der Waals surface area (Å²) in [5, 5.41) is 0. The first kappa shape index (κ1) is 10.7. The van der Waals surface area contributed by atoms with E-state index in [0.29, 0.717) is 5.92 Å². The van der Waals surface area contributed by atoms with Crippen molar-refractivity contribution in [2.24, 2.45) is 11.1 Å². The molecule has 1 fully saturated rings. The summed E-state index contributed by atoms with van der Waals surface area (Å²) < 4.78 is 1.58. The van der Waals surface area contributed by atoms with Crippen LogP contribution in [-0.4, -0.2) is 6.04 Å². The fourth-order valence-electron chi connectivity index (χ4n) is 2.08. The van der Waals surface area contributed by atoms with Crippen LogP contribution >= 0.6 is 34.5 Å². The molecule has 1 saturated carbocycles. The van der Waals surface area contributed by atoms with Gasteiger partial charge in [0, 0.05) is 6.04 Å². The van der Waals surface area contributed by atoms with E-state index in [1.54, 1.807) is 0 Å². The van der Waals surface area contributed by atoms with E-state index in [0.717, 1.165) is 15.1 Å². The fraction of sp³-hybridized carbons (Fsp3) is 0.600. The summed E-state index contributed by atoms with van der Waals surface area (Å²) >= 11 is 13.5. The van der Waals surface area contributed by atoms with Crippen LogP contribution in [0.5, 0.6) is 0 Å². The van der Waals surface area contributed by atoms with E-state index in [1.807, 2.05) is 6.07 Å². The van der Waals surface area contributed by atoms with Gasteiger partial charge in [0.2, 0.25) is 0 Å². The first-order valence-electron chi connectivity index (χ1n) is 4.63. The monoisotopic (exact) mass is 249 g/mol. The molecule has 1 heterocycles. The Balaban J connectivity index is 2.30. The van der Waals surface area contributed by atoms with E-state index in [4.69, 9.17) is 28.9 Å². The number of nitrogens with two attached hydrogens (primary N) is 1. The molecule has 2 N–H and O–H groups in total. The van der Waals surface area contributed by atoms with Gasteiger partial charge in [-0.05, 0) is 29.4 Å². The van der Waals surface area contributed by atoms with Gasteiger partial charge in [0.1, 0.15) is 0 Å². The van der Waals surface area contributed by atoms with Gasteiger partial charge in [-0.3, -0.25) is 0 Å². The molecule has 14 heavy (non-hydrogen) atoms. The lowest BCUT2D eigenvalue weighted by atomic mass is 9.57. The van der Waals surface area contributed by atoms with Crippen molar-refractivity contribution in [3.8, 4) is 0 Å². The molecule has 1 aliphatic rings. The molecule has 2 unspecified atom stereocenters. The van der Waals surface area contributed by atoms with Crippen LogP contribution in [0.2, 0.25) is 8.67 Å².